The molecule has 2 rings (SSSR count). The maximum atomic E-state index is 11.7. The van der Waals surface area contributed by atoms with Crippen LogP contribution in [0.4, 0.5) is 5.69 Å². The monoisotopic (exact) mass is 316 g/mol. The Morgan fingerprint density at radius 3 is 2.86 bits per heavy atom. The molecule has 8 nitrogen and oxygen atoms in total. The second kappa shape index (κ2) is 6.74. The fourth-order valence-electron chi connectivity index (χ4n) is 1.62. The lowest BCUT2D eigenvalue weighted by molar-refractivity contribution is -0.115. The van der Waals surface area contributed by atoms with E-state index in [4.69, 9.17) is 9.47 Å². The maximum Gasteiger partial charge on any atom is 0.239 e. The van der Waals surface area contributed by atoms with E-state index in [2.05, 4.69) is 14.8 Å². The Kier molecular flexibility index (Phi) is 4.99. The normalized spacial score (nSPS) is 13.2. The first-order valence-electron chi connectivity index (χ1n) is 6.16. The predicted molar refractivity (Wildman–Crippen MR) is 74.9 cm³/mol. The minimum absolute atomic E-state index is 0.0686. The summed E-state index contributed by atoms with van der Waals surface area (Å²) in [7, 11) is -2.12. The number of methoxy groups -OCH3 is 1. The highest BCUT2D eigenvalue weighted by atomic mass is 32.2. The third-order valence-electron chi connectivity index (χ3n) is 2.67. The van der Waals surface area contributed by atoms with Gasteiger partial charge < -0.3 is 19.5 Å². The minimum Gasteiger partial charge on any atom is -0.454 e. The first-order chi connectivity index (χ1) is 10.00. The number of amides is 1. The van der Waals surface area contributed by atoms with Crippen LogP contribution in [0.5, 0.6) is 11.5 Å². The average molecular weight is 316 g/mol. The molecule has 0 aliphatic carbocycles. The number of fused-ring (bicyclic) bond motifs is 1. The summed E-state index contributed by atoms with van der Waals surface area (Å²) in [6.45, 7) is -0.133. The van der Waals surface area contributed by atoms with Crippen molar-refractivity contribution in [1.82, 2.24) is 4.72 Å². The molecule has 0 bridgehead atoms. The third-order valence-corrected chi connectivity index (χ3v) is 3.95. The number of nitrogens with one attached hydrogen (secondary N) is 2. The van der Waals surface area contributed by atoms with E-state index in [1.165, 1.54) is 7.11 Å². The summed E-state index contributed by atoms with van der Waals surface area (Å²) in [6, 6.07) is 4.92. The number of anilines is 1. The zero-order valence-electron chi connectivity index (χ0n) is 11.4. The number of ether oxygens (including phenoxy) is 3. The van der Waals surface area contributed by atoms with E-state index < -0.39 is 15.9 Å². The molecule has 0 unspecified atom stereocenters. The molecule has 0 saturated carbocycles. The lowest BCUT2D eigenvalue weighted by Crippen LogP contribution is -2.35. The maximum absolute atomic E-state index is 11.7. The van der Waals surface area contributed by atoms with Gasteiger partial charge in [0.2, 0.25) is 22.7 Å². The summed E-state index contributed by atoms with van der Waals surface area (Å²) in [5.41, 5.74) is 0.500. The van der Waals surface area contributed by atoms with Gasteiger partial charge in [-0.3, -0.25) is 4.79 Å². The summed E-state index contributed by atoms with van der Waals surface area (Å²) in [6.07, 6.45) is 0. The Hall–Kier alpha value is -1.84. The Morgan fingerprint density at radius 2 is 2.10 bits per heavy atom. The molecule has 0 saturated heterocycles. The van der Waals surface area contributed by atoms with Gasteiger partial charge in [-0.1, -0.05) is 0 Å². The van der Waals surface area contributed by atoms with Crippen molar-refractivity contribution in [2.75, 3.05) is 38.1 Å². The van der Waals surface area contributed by atoms with E-state index in [-0.39, 0.29) is 25.7 Å². The van der Waals surface area contributed by atoms with Gasteiger partial charge in [0, 0.05) is 18.9 Å². The molecule has 0 fully saturated rings. The molecule has 1 amide bonds. The van der Waals surface area contributed by atoms with Crippen LogP contribution in [0, 0.1) is 0 Å². The van der Waals surface area contributed by atoms with Crippen LogP contribution in [0.15, 0.2) is 18.2 Å². The molecule has 0 spiro atoms. The quantitative estimate of drug-likeness (QED) is 0.729. The van der Waals surface area contributed by atoms with Crippen molar-refractivity contribution in [1.29, 1.82) is 0 Å². The number of sulfonamides is 1. The zero-order chi connectivity index (χ0) is 15.3. The zero-order valence-corrected chi connectivity index (χ0v) is 12.2. The average Bonchev–Trinajstić information content (AvgIpc) is 2.91. The van der Waals surface area contributed by atoms with E-state index in [1.807, 2.05) is 0 Å². The van der Waals surface area contributed by atoms with Crippen LogP contribution < -0.4 is 19.5 Å². The second-order valence-corrected chi connectivity index (χ2v) is 6.18. The van der Waals surface area contributed by atoms with Crippen LogP contribution in [0.1, 0.15) is 0 Å². The Bertz CT molecular complexity index is 616. The number of rotatable bonds is 7. The SMILES string of the molecule is COCCS(=O)(=O)NCC(=O)Nc1ccc2c(c1)OCO2. The molecule has 1 aromatic carbocycles. The molecule has 2 N–H and O–H groups in total. The topological polar surface area (TPSA) is 103 Å². The van der Waals surface area contributed by atoms with Crippen molar-refractivity contribution in [2.24, 2.45) is 0 Å². The molecule has 1 heterocycles. The summed E-state index contributed by atoms with van der Waals surface area (Å²) >= 11 is 0. The van der Waals surface area contributed by atoms with Crippen LogP contribution in [0.3, 0.4) is 0 Å². The van der Waals surface area contributed by atoms with Crippen molar-refractivity contribution >= 4 is 21.6 Å². The van der Waals surface area contributed by atoms with Crippen LogP contribution >= 0.6 is 0 Å². The summed E-state index contributed by atoms with van der Waals surface area (Å²) in [5.74, 6) is 0.470. The number of benzene rings is 1. The molecule has 1 aromatic rings. The predicted octanol–water partition coefficient (Wildman–Crippen LogP) is -0.0804. The van der Waals surface area contributed by atoms with Gasteiger partial charge in [0.15, 0.2) is 11.5 Å². The first kappa shape index (κ1) is 15.5. The van der Waals surface area contributed by atoms with Gasteiger partial charge in [0.25, 0.3) is 0 Å². The van der Waals surface area contributed by atoms with Crippen LogP contribution in [-0.2, 0) is 19.6 Å². The fourth-order valence-corrected chi connectivity index (χ4v) is 2.50. The molecule has 21 heavy (non-hydrogen) atoms. The van der Waals surface area contributed by atoms with Gasteiger partial charge in [-0.25, -0.2) is 13.1 Å². The highest BCUT2D eigenvalue weighted by molar-refractivity contribution is 7.89. The van der Waals surface area contributed by atoms with Gasteiger partial charge in [0.05, 0.1) is 18.9 Å². The molecule has 116 valence electrons. The van der Waals surface area contributed by atoms with Gasteiger partial charge >= 0.3 is 0 Å². The highest BCUT2D eigenvalue weighted by Crippen LogP contribution is 2.34. The molecule has 0 radical (unpaired) electrons. The number of carbonyl (C=O) groups is 1. The number of carbonyl (C=O) groups excluding carboxylic acids is 1. The van der Waals surface area contributed by atoms with Gasteiger partial charge in [0.1, 0.15) is 0 Å². The molecule has 0 atom stereocenters. The Morgan fingerprint density at radius 1 is 1.33 bits per heavy atom. The van der Waals surface area contributed by atoms with E-state index in [0.717, 1.165) is 0 Å². The van der Waals surface area contributed by atoms with Crippen LogP contribution in [0.2, 0.25) is 0 Å². The summed E-state index contributed by atoms with van der Waals surface area (Å²) < 4.78 is 40.2. The van der Waals surface area contributed by atoms with Gasteiger partial charge in [-0.15, -0.1) is 0 Å². The smallest absolute Gasteiger partial charge is 0.239 e. The van der Waals surface area contributed by atoms with Crippen molar-refractivity contribution in [3.63, 3.8) is 0 Å². The third kappa shape index (κ3) is 4.59. The van der Waals surface area contributed by atoms with Crippen molar-refractivity contribution < 1.29 is 27.4 Å². The van der Waals surface area contributed by atoms with Crippen molar-refractivity contribution in [2.45, 2.75) is 0 Å². The fraction of sp³-hybridized carbons (Fsp3) is 0.417. The van der Waals surface area contributed by atoms with Crippen LogP contribution in [0.25, 0.3) is 0 Å². The number of hydrogen-bond donors (Lipinski definition) is 2. The van der Waals surface area contributed by atoms with Gasteiger partial charge in [-0.05, 0) is 12.1 Å². The van der Waals surface area contributed by atoms with Crippen LogP contribution in [-0.4, -0.2) is 47.1 Å². The second-order valence-electron chi connectivity index (χ2n) is 4.25. The van der Waals surface area contributed by atoms with E-state index in [9.17, 15) is 13.2 Å². The van der Waals surface area contributed by atoms with Crippen molar-refractivity contribution in [3.05, 3.63) is 18.2 Å². The first-order valence-corrected chi connectivity index (χ1v) is 7.81. The molecule has 1 aliphatic heterocycles. The minimum atomic E-state index is -3.52. The molecular formula is C12H16N2O6S. The number of hydrogen-bond acceptors (Lipinski definition) is 6. The van der Waals surface area contributed by atoms with Gasteiger partial charge in [-0.2, -0.15) is 0 Å². The molecule has 0 aromatic heterocycles. The Balaban J connectivity index is 1.85. The lowest BCUT2D eigenvalue weighted by Gasteiger charge is -2.08. The highest BCUT2D eigenvalue weighted by Gasteiger charge is 2.15. The molecule has 9 heteroatoms. The summed E-state index contributed by atoms with van der Waals surface area (Å²) in [5, 5.41) is 2.57. The molecular weight excluding hydrogens is 300 g/mol. The van der Waals surface area contributed by atoms with E-state index in [1.54, 1.807) is 18.2 Å². The largest absolute Gasteiger partial charge is 0.454 e. The standard InChI is InChI=1S/C12H16N2O6S/c1-18-4-5-21(16,17)13-7-12(15)14-9-2-3-10-11(6-9)20-8-19-10/h2-3,6,13H,4-5,7-8H2,1H3,(H,14,15). The van der Waals surface area contributed by atoms with E-state index >= 15 is 0 Å². The summed E-state index contributed by atoms with van der Waals surface area (Å²) in [4.78, 5) is 11.7. The van der Waals surface area contributed by atoms with Crippen molar-refractivity contribution in [3.8, 4) is 11.5 Å². The Labute approximate surface area is 122 Å². The lowest BCUT2D eigenvalue weighted by atomic mass is 10.3. The van der Waals surface area contributed by atoms with E-state index in [0.29, 0.717) is 17.2 Å². The molecule has 1 aliphatic rings.